The summed E-state index contributed by atoms with van der Waals surface area (Å²) in [6.07, 6.45) is 7.25. The van der Waals surface area contributed by atoms with Crippen molar-refractivity contribution in [2.45, 2.75) is 31.5 Å². The molecule has 3 aliphatic rings. The summed E-state index contributed by atoms with van der Waals surface area (Å²) in [5.41, 5.74) is 1.81. The van der Waals surface area contributed by atoms with Crippen LogP contribution in [0.3, 0.4) is 0 Å². The molecule has 1 aliphatic carbocycles. The fourth-order valence-corrected chi connectivity index (χ4v) is 3.95. The van der Waals surface area contributed by atoms with E-state index in [1.165, 1.54) is 18.8 Å². The molecule has 5 rings (SSSR count). The minimum absolute atomic E-state index is 0.0382. The second-order valence-electron chi connectivity index (χ2n) is 8.01. The van der Waals surface area contributed by atoms with Gasteiger partial charge < -0.3 is 25.4 Å². The number of ether oxygens (including phenoxy) is 2. The predicted octanol–water partition coefficient (Wildman–Crippen LogP) is 5.15. The number of anilines is 4. The molecule has 3 heterocycles. The molecule has 1 amide bonds. The van der Waals surface area contributed by atoms with Gasteiger partial charge in [-0.2, -0.15) is 18.2 Å². The maximum atomic E-state index is 13.8. The second kappa shape index (κ2) is 9.16. The molecular weight excluding hydrogens is 463 g/mol. The van der Waals surface area contributed by atoms with E-state index < -0.39 is 23.6 Å². The smallest absolute Gasteiger partial charge is 0.421 e. The monoisotopic (exact) mass is 483 g/mol. The number of nitrogens with one attached hydrogen (secondary N) is 3. The number of hydrogen-bond donors (Lipinski definition) is 3. The van der Waals surface area contributed by atoms with Crippen molar-refractivity contribution in [2.75, 3.05) is 16.0 Å². The van der Waals surface area contributed by atoms with Gasteiger partial charge in [-0.25, -0.2) is 4.98 Å². The Labute approximate surface area is 198 Å². The third-order valence-electron chi connectivity index (χ3n) is 5.59. The molecule has 1 aromatic heterocycles. The number of fused-ring (bicyclic) bond motifs is 1. The van der Waals surface area contributed by atoms with Crippen LogP contribution in [0.4, 0.5) is 36.3 Å². The van der Waals surface area contributed by atoms with Gasteiger partial charge in [0.15, 0.2) is 5.76 Å². The number of hydrogen-bond acceptors (Lipinski definition) is 7. The van der Waals surface area contributed by atoms with Gasteiger partial charge in [0, 0.05) is 17.6 Å². The molecule has 1 aromatic carbocycles. The third kappa shape index (κ3) is 4.98. The van der Waals surface area contributed by atoms with Crippen LogP contribution in [0.1, 0.15) is 24.0 Å². The molecule has 2 aromatic rings. The fraction of sp³-hybridized carbons (Fsp3) is 0.208. The first kappa shape index (κ1) is 22.5. The molecule has 0 spiro atoms. The molecular formula is C24H20F3N5O3. The molecule has 0 bridgehead atoms. The van der Waals surface area contributed by atoms with Gasteiger partial charge in [0.1, 0.15) is 36.2 Å². The zero-order chi connectivity index (χ0) is 24.4. The number of alkyl halides is 3. The van der Waals surface area contributed by atoms with E-state index in [2.05, 4.69) is 25.9 Å². The van der Waals surface area contributed by atoms with E-state index in [9.17, 15) is 18.0 Å². The summed E-state index contributed by atoms with van der Waals surface area (Å²) >= 11 is 0. The zero-order valence-corrected chi connectivity index (χ0v) is 18.2. The average molecular weight is 483 g/mol. The largest absolute Gasteiger partial charge is 0.466 e. The first-order valence-corrected chi connectivity index (χ1v) is 10.8. The van der Waals surface area contributed by atoms with E-state index in [1.54, 1.807) is 18.2 Å². The number of carbonyl (C=O) groups excluding carboxylic acids is 1. The zero-order valence-electron chi connectivity index (χ0n) is 18.2. The van der Waals surface area contributed by atoms with Crippen LogP contribution in [0.25, 0.3) is 0 Å². The minimum atomic E-state index is -4.69. The van der Waals surface area contributed by atoms with Crippen LogP contribution >= 0.6 is 0 Å². The van der Waals surface area contributed by atoms with Crippen LogP contribution in [0.5, 0.6) is 0 Å². The van der Waals surface area contributed by atoms with Gasteiger partial charge in [-0.1, -0.05) is 18.2 Å². The number of halogens is 3. The Morgan fingerprint density at radius 2 is 2.09 bits per heavy atom. The van der Waals surface area contributed by atoms with Crippen molar-refractivity contribution in [3.05, 3.63) is 83.9 Å². The molecule has 0 saturated carbocycles. The second-order valence-corrected chi connectivity index (χ2v) is 8.01. The van der Waals surface area contributed by atoms with Crippen molar-refractivity contribution in [3.8, 4) is 0 Å². The number of carbonyl (C=O) groups is 1. The predicted molar refractivity (Wildman–Crippen MR) is 122 cm³/mol. The normalized spacial score (nSPS) is 17.4. The average Bonchev–Trinajstić information content (AvgIpc) is 3.22. The Bertz CT molecular complexity index is 1280. The van der Waals surface area contributed by atoms with E-state index in [-0.39, 0.29) is 18.3 Å². The van der Waals surface area contributed by atoms with E-state index >= 15 is 0 Å². The van der Waals surface area contributed by atoms with Crippen molar-refractivity contribution in [1.82, 2.24) is 9.97 Å². The summed E-state index contributed by atoms with van der Waals surface area (Å²) < 4.78 is 52.2. The Hall–Kier alpha value is -4.28. The van der Waals surface area contributed by atoms with Crippen LogP contribution in [0.2, 0.25) is 0 Å². The van der Waals surface area contributed by atoms with Crippen LogP contribution in [0.15, 0.2) is 72.7 Å². The Kier molecular flexibility index (Phi) is 5.89. The highest BCUT2D eigenvalue weighted by atomic mass is 19.4. The van der Waals surface area contributed by atoms with Gasteiger partial charge in [0.25, 0.3) is 0 Å². The van der Waals surface area contributed by atoms with Crippen LogP contribution in [-0.4, -0.2) is 21.9 Å². The van der Waals surface area contributed by atoms with Gasteiger partial charge in [0.2, 0.25) is 11.9 Å². The van der Waals surface area contributed by atoms with Crippen molar-refractivity contribution in [1.29, 1.82) is 0 Å². The van der Waals surface area contributed by atoms with Gasteiger partial charge in [0.05, 0.1) is 6.42 Å². The highest BCUT2D eigenvalue weighted by molar-refractivity contribution is 5.99. The highest BCUT2D eigenvalue weighted by Crippen LogP contribution is 2.36. The third-order valence-corrected chi connectivity index (χ3v) is 5.59. The van der Waals surface area contributed by atoms with Crippen molar-refractivity contribution in [2.24, 2.45) is 0 Å². The quantitative estimate of drug-likeness (QED) is 0.523. The summed E-state index contributed by atoms with van der Waals surface area (Å²) in [4.78, 5) is 19.6. The lowest BCUT2D eigenvalue weighted by atomic mass is 9.96. The molecule has 1 atom stereocenters. The van der Waals surface area contributed by atoms with Crippen molar-refractivity contribution >= 4 is 29.0 Å². The van der Waals surface area contributed by atoms with E-state index in [0.717, 1.165) is 23.8 Å². The van der Waals surface area contributed by atoms with Crippen molar-refractivity contribution in [3.63, 3.8) is 0 Å². The van der Waals surface area contributed by atoms with Crippen molar-refractivity contribution < 1.29 is 27.4 Å². The van der Waals surface area contributed by atoms with E-state index in [1.807, 2.05) is 18.2 Å². The molecule has 3 N–H and O–H groups in total. The van der Waals surface area contributed by atoms with Gasteiger partial charge in [-0.05, 0) is 42.2 Å². The Morgan fingerprint density at radius 3 is 2.83 bits per heavy atom. The lowest BCUT2D eigenvalue weighted by Crippen LogP contribution is -2.29. The maximum absolute atomic E-state index is 13.8. The molecule has 0 radical (unpaired) electrons. The van der Waals surface area contributed by atoms with Crippen LogP contribution in [-0.2, 0) is 26.9 Å². The fourth-order valence-electron chi connectivity index (χ4n) is 3.95. The number of amides is 1. The molecule has 1 unspecified atom stereocenters. The summed E-state index contributed by atoms with van der Waals surface area (Å²) in [7, 11) is 0. The first-order chi connectivity index (χ1) is 16.9. The first-order valence-electron chi connectivity index (χ1n) is 10.8. The number of rotatable bonds is 6. The molecule has 2 aliphatic heterocycles. The summed E-state index contributed by atoms with van der Waals surface area (Å²) in [6, 6.07) is 4.38. The Balaban J connectivity index is 1.47. The van der Waals surface area contributed by atoms with Gasteiger partial charge in [-0.15, -0.1) is 0 Å². The molecule has 0 saturated heterocycles. The highest BCUT2D eigenvalue weighted by Gasteiger charge is 2.37. The standard InChI is InChI=1S/C24H20F3N5O3/c25-24(26,27)17-12-28-23(29-16-6-7-18-15(10-16)11-20(33)30-18)32-22(17)31-21(14-4-2-1-3-5-14)19-13-34-8-9-35-19/h1-2,4,6-10,12-13,21H,3,5,11H2,(H,30,33)(H2,28,29,31,32). The summed E-state index contributed by atoms with van der Waals surface area (Å²) in [5, 5.41) is 8.55. The molecule has 35 heavy (non-hydrogen) atoms. The molecule has 11 heteroatoms. The lowest BCUT2D eigenvalue weighted by Gasteiger charge is -2.27. The number of aromatic nitrogens is 2. The van der Waals surface area contributed by atoms with E-state index in [0.29, 0.717) is 23.6 Å². The van der Waals surface area contributed by atoms with Crippen LogP contribution in [0, 0.1) is 0 Å². The van der Waals surface area contributed by atoms with Crippen LogP contribution < -0.4 is 16.0 Å². The van der Waals surface area contributed by atoms with E-state index in [4.69, 9.17) is 9.47 Å². The minimum Gasteiger partial charge on any atom is -0.466 e. The lowest BCUT2D eigenvalue weighted by molar-refractivity contribution is -0.137. The number of allylic oxidation sites excluding steroid dienone is 3. The molecule has 180 valence electrons. The molecule has 8 nitrogen and oxygen atoms in total. The Morgan fingerprint density at radius 1 is 1.20 bits per heavy atom. The maximum Gasteiger partial charge on any atom is 0.421 e. The molecule has 0 fully saturated rings. The topological polar surface area (TPSA) is 97.4 Å². The SMILES string of the molecule is O=C1Cc2cc(Nc3ncc(C(F)(F)F)c(NC(C4=CC=CCC4)C4=COC=CO4)n3)ccc2N1. The number of nitrogens with zero attached hydrogens (tertiary/aromatic N) is 2. The summed E-state index contributed by atoms with van der Waals surface area (Å²) in [5.74, 6) is -0.271. The van der Waals surface area contributed by atoms with Gasteiger partial charge >= 0.3 is 6.18 Å². The number of benzene rings is 1. The van der Waals surface area contributed by atoms with Gasteiger partial charge in [-0.3, -0.25) is 4.79 Å². The summed E-state index contributed by atoms with van der Waals surface area (Å²) in [6.45, 7) is 0.